The van der Waals surface area contributed by atoms with Crippen molar-refractivity contribution in [1.82, 2.24) is 9.97 Å². The van der Waals surface area contributed by atoms with Crippen LogP contribution in [-0.2, 0) is 0 Å². The Balaban J connectivity index is 0.000000164. The van der Waals surface area contributed by atoms with Crippen molar-refractivity contribution in [2.24, 2.45) is 0 Å². The molecule has 9 heteroatoms. The molecule has 0 atom stereocenters. The zero-order valence-electron chi connectivity index (χ0n) is 35.9. The number of carbonyl (C=O) groups excluding carboxylic acids is 6. The Hall–Kier alpha value is -7.24. The van der Waals surface area contributed by atoms with E-state index in [0.717, 1.165) is 21.8 Å². The van der Waals surface area contributed by atoms with E-state index in [2.05, 4.69) is 34.2 Å². The molecule has 0 unspecified atom stereocenters. The van der Waals surface area contributed by atoms with Gasteiger partial charge in [0.25, 0.3) is 0 Å². The van der Waals surface area contributed by atoms with Crippen LogP contribution in [0.25, 0.3) is 21.8 Å². The van der Waals surface area contributed by atoms with Gasteiger partial charge in [-0.1, -0.05) is 206 Å². The van der Waals surface area contributed by atoms with Crippen molar-refractivity contribution in [2.45, 2.75) is 19.3 Å². The minimum atomic E-state index is -0.139. The maximum atomic E-state index is 11.8. The van der Waals surface area contributed by atoms with Gasteiger partial charge >= 0.3 is 41.7 Å². The van der Waals surface area contributed by atoms with Gasteiger partial charge in [0.15, 0.2) is 34.7 Å². The molecule has 0 saturated carbocycles. The van der Waals surface area contributed by atoms with Crippen LogP contribution in [0.2, 0.25) is 0 Å². The third kappa shape index (κ3) is 15.2. The number of ketones is 6. The molecule has 0 aliphatic carbocycles. The molecule has 8 nitrogen and oxygen atoms in total. The molecule has 0 aliphatic rings. The second-order valence-electron chi connectivity index (χ2n) is 14.5. The summed E-state index contributed by atoms with van der Waals surface area (Å²) in [5.74, 6) is -0.836. The number of pyridine rings is 2. The maximum Gasteiger partial charge on any atom is 3.00 e. The topological polar surface area (TPSA) is 128 Å². The van der Waals surface area contributed by atoms with Gasteiger partial charge in [0.1, 0.15) is 0 Å². The summed E-state index contributed by atoms with van der Waals surface area (Å²) in [5, 5.41) is 2.28. The van der Waals surface area contributed by atoms with Crippen LogP contribution in [0.4, 0.5) is 0 Å². The predicted molar refractivity (Wildman–Crippen MR) is 256 cm³/mol. The quantitative estimate of drug-likeness (QED) is 0.0672. The van der Waals surface area contributed by atoms with Gasteiger partial charge in [-0.2, -0.15) is 0 Å². The summed E-state index contributed by atoms with van der Waals surface area (Å²) in [6, 6.07) is 65.4. The number of nitrogens with zero attached hydrogens (tertiary/aromatic N) is 2. The first kappa shape index (κ1) is 49.8. The van der Waals surface area contributed by atoms with Gasteiger partial charge in [-0.25, -0.2) is 0 Å². The van der Waals surface area contributed by atoms with E-state index in [1.165, 1.54) is 0 Å². The molecule has 2 heterocycles. The van der Waals surface area contributed by atoms with Crippen molar-refractivity contribution in [1.29, 1.82) is 0 Å². The Morgan fingerprint density at radius 3 is 0.652 bits per heavy atom. The number of hydrogen-bond donors (Lipinski definition) is 0. The first-order valence-corrected chi connectivity index (χ1v) is 20.8. The Morgan fingerprint density at radius 1 is 0.258 bits per heavy atom. The van der Waals surface area contributed by atoms with E-state index in [-0.39, 0.29) is 95.7 Å². The summed E-state index contributed by atoms with van der Waals surface area (Å²) in [5.41, 5.74) is 5.44. The Morgan fingerprint density at radius 2 is 0.455 bits per heavy atom. The van der Waals surface area contributed by atoms with Crippen LogP contribution in [-0.4, -0.2) is 44.7 Å². The molecule has 66 heavy (non-hydrogen) atoms. The normalized spacial score (nSPS) is 9.94. The van der Waals surface area contributed by atoms with Crippen LogP contribution >= 0.6 is 0 Å². The predicted octanol–water partition coefficient (Wildman–Crippen LogP) is 12.2. The van der Waals surface area contributed by atoms with Crippen molar-refractivity contribution in [3.63, 3.8) is 0 Å². The molecule has 0 fully saturated rings. The summed E-state index contributed by atoms with van der Waals surface area (Å²) in [6.45, 7) is 0. The number of fused-ring (bicyclic) bond motifs is 3. The van der Waals surface area contributed by atoms with E-state index in [1.807, 2.05) is 48.5 Å². The summed E-state index contributed by atoms with van der Waals surface area (Å²) in [6.07, 6.45) is 3.38. The van der Waals surface area contributed by atoms with Crippen LogP contribution in [0.3, 0.4) is 0 Å². The molecule has 0 saturated heterocycles. The molecule has 0 spiro atoms. The molecule has 9 aromatic rings. The molecule has 0 N–H and O–H groups in total. The smallest absolute Gasteiger partial charge is 0.294 e. The fourth-order valence-corrected chi connectivity index (χ4v) is 6.47. The average molecular weight is 993 g/mol. The maximum absolute atomic E-state index is 11.8. The molecule has 9 rings (SSSR count). The molecule has 319 valence electrons. The van der Waals surface area contributed by atoms with Crippen molar-refractivity contribution in [2.75, 3.05) is 0 Å². The average Bonchev–Trinajstić information content (AvgIpc) is 3.38. The van der Waals surface area contributed by atoms with E-state index < -0.39 is 0 Å². The monoisotopic (exact) mass is 992 g/mol. The van der Waals surface area contributed by atoms with Crippen molar-refractivity contribution >= 4 is 56.5 Å². The second kappa shape index (κ2) is 26.5. The first-order valence-electron chi connectivity index (χ1n) is 20.8. The summed E-state index contributed by atoms with van der Waals surface area (Å²) in [4.78, 5) is 79.5. The molecular formula is C57H44CeN2O6+3. The first-order chi connectivity index (χ1) is 31.8. The molecule has 2 aromatic heterocycles. The fourth-order valence-electron chi connectivity index (χ4n) is 6.47. The number of hydrogen-bond acceptors (Lipinski definition) is 8. The Bertz CT molecular complexity index is 2550. The summed E-state index contributed by atoms with van der Waals surface area (Å²) < 4.78 is 0. The number of rotatable bonds is 12. The van der Waals surface area contributed by atoms with E-state index in [9.17, 15) is 28.8 Å². The molecule has 0 amide bonds. The molecule has 7 aromatic carbocycles. The van der Waals surface area contributed by atoms with Crippen LogP contribution in [0.15, 0.2) is 231 Å². The van der Waals surface area contributed by atoms with E-state index in [1.54, 1.807) is 158 Å². The van der Waals surface area contributed by atoms with Crippen LogP contribution < -0.4 is 0 Å². The number of carbonyl (C=O) groups is 6. The minimum Gasteiger partial charge on any atom is -0.294 e. The van der Waals surface area contributed by atoms with Crippen molar-refractivity contribution in [3.05, 3.63) is 264 Å². The van der Waals surface area contributed by atoms with Gasteiger partial charge in [0.2, 0.25) is 0 Å². The van der Waals surface area contributed by atoms with Gasteiger partial charge in [-0.15, -0.1) is 0 Å². The minimum absolute atomic E-state index is 0. The SMILES string of the molecule is O=C(CC(=O)c1ccccc1)c1ccccc1.O=C(CC(=O)c1ccccc1)c1ccccc1.O=C(CC(=O)c1ccccc1)c1ccccc1.[Ce+3].c1cnc2c(c1)ccc1cccnc12. The Labute approximate surface area is 417 Å². The van der Waals surface area contributed by atoms with Gasteiger partial charge < -0.3 is 0 Å². The van der Waals surface area contributed by atoms with Crippen molar-refractivity contribution < 1.29 is 70.5 Å². The number of benzene rings is 7. The number of Topliss-reactive ketones (excluding diaryl/α,β-unsaturated/α-hetero) is 6. The zero-order chi connectivity index (χ0) is 45.6. The van der Waals surface area contributed by atoms with E-state index in [4.69, 9.17) is 0 Å². The molecule has 0 bridgehead atoms. The van der Waals surface area contributed by atoms with Gasteiger partial charge in [0.05, 0.1) is 30.3 Å². The van der Waals surface area contributed by atoms with Gasteiger partial charge in [-0.3, -0.25) is 38.7 Å². The fraction of sp³-hybridized carbons (Fsp3) is 0.0526. The molecule has 1 radical (unpaired) electrons. The summed E-state index contributed by atoms with van der Waals surface area (Å²) >= 11 is 0. The van der Waals surface area contributed by atoms with Gasteiger partial charge in [-0.05, 0) is 12.1 Å². The van der Waals surface area contributed by atoms with Gasteiger partial charge in [0, 0.05) is 56.5 Å². The molecular weight excluding hydrogens is 949 g/mol. The standard InChI is InChI=1S/3C15H12O2.C12H8N2.Ce/c3*16-14(12-7-3-1-4-8-12)11-15(17)13-9-5-2-6-10-13;1-3-9-5-6-10-4-2-8-14-12(10)11(9)13-7-1;/h3*1-10H,11H2;1-8H;/q;;;;+3. The van der Waals surface area contributed by atoms with E-state index >= 15 is 0 Å². The van der Waals surface area contributed by atoms with Crippen molar-refractivity contribution in [3.8, 4) is 0 Å². The molecule has 0 aliphatic heterocycles. The second-order valence-corrected chi connectivity index (χ2v) is 14.5. The zero-order valence-corrected chi connectivity index (χ0v) is 39.0. The third-order valence-corrected chi connectivity index (χ3v) is 9.88. The summed E-state index contributed by atoms with van der Waals surface area (Å²) in [7, 11) is 0. The van der Waals surface area contributed by atoms with E-state index in [0.29, 0.717) is 33.4 Å². The Kier molecular flexibility index (Phi) is 20.0. The third-order valence-electron chi connectivity index (χ3n) is 9.88. The van der Waals surface area contributed by atoms with Crippen LogP contribution in [0.5, 0.6) is 0 Å². The largest absolute Gasteiger partial charge is 3.00 e. The number of aromatic nitrogens is 2. The van der Waals surface area contributed by atoms with Crippen LogP contribution in [0.1, 0.15) is 81.4 Å². The van der Waals surface area contributed by atoms with Crippen LogP contribution in [0, 0.1) is 41.7 Å².